The van der Waals surface area contributed by atoms with Crippen molar-refractivity contribution in [2.75, 3.05) is 0 Å². The van der Waals surface area contributed by atoms with E-state index in [4.69, 9.17) is 0 Å². The minimum absolute atomic E-state index is 0. The van der Waals surface area contributed by atoms with Gasteiger partial charge in [-0.1, -0.05) is 0 Å². The standard InChI is InChI=1S/4CH3.4HI.Sn/h4*1H3;4*1H;. The first-order valence-electron chi connectivity index (χ1n) is 2.00. The van der Waals surface area contributed by atoms with Gasteiger partial charge in [0.2, 0.25) is 0 Å². The zero-order valence-corrected chi connectivity index (χ0v) is 18.3. The molecule has 0 aromatic carbocycles. The van der Waals surface area contributed by atoms with Crippen LogP contribution >= 0.6 is 95.9 Å². The second-order valence-corrected chi connectivity index (χ2v) is 20.1. The van der Waals surface area contributed by atoms with Crippen molar-refractivity contribution >= 4 is 114 Å². The minimum atomic E-state index is -1.18. The van der Waals surface area contributed by atoms with E-state index in [2.05, 4.69) is 19.8 Å². The quantitative estimate of drug-likeness (QED) is 0.261. The van der Waals surface area contributed by atoms with Crippen LogP contribution in [0.4, 0.5) is 0 Å². The molecule has 0 aliphatic carbocycles. The van der Waals surface area contributed by atoms with Crippen LogP contribution in [0.25, 0.3) is 0 Å². The molecule has 0 nitrogen and oxygen atoms in total. The second-order valence-electron chi connectivity index (χ2n) is 3.00. The van der Waals surface area contributed by atoms with Crippen molar-refractivity contribution in [3.05, 3.63) is 0 Å². The Morgan fingerprint density at radius 2 is 0.556 bits per heavy atom. The Morgan fingerprint density at radius 3 is 0.556 bits per heavy atom. The fourth-order valence-electron chi connectivity index (χ4n) is 0. The van der Waals surface area contributed by atoms with Gasteiger partial charge in [-0.15, -0.1) is 95.9 Å². The topological polar surface area (TPSA) is 0 Å². The Balaban J connectivity index is -0.0000000133. The van der Waals surface area contributed by atoms with Gasteiger partial charge in [-0.2, -0.15) is 0 Å². The van der Waals surface area contributed by atoms with Gasteiger partial charge in [-0.05, 0) is 0 Å². The summed E-state index contributed by atoms with van der Waals surface area (Å²) in [6, 6.07) is 0. The summed E-state index contributed by atoms with van der Waals surface area (Å²) in [6.45, 7) is 0. The maximum absolute atomic E-state index is 2.40. The molecular formula is C4H16I4Sn. The zero-order chi connectivity index (χ0) is 4.50. The molecule has 0 N–H and O–H groups in total. The van der Waals surface area contributed by atoms with Crippen molar-refractivity contribution in [1.82, 2.24) is 0 Å². The molecule has 9 heavy (non-hydrogen) atoms. The predicted molar refractivity (Wildman–Crippen MR) is 90.9 cm³/mol. The Kier molecular flexibility index (Phi) is 46.4. The molecule has 0 spiro atoms. The zero-order valence-electron chi connectivity index (χ0n) is 6.13. The molecule has 0 bridgehead atoms. The third-order valence-electron chi connectivity index (χ3n) is 0. The second kappa shape index (κ2) is 14.3. The van der Waals surface area contributed by atoms with Gasteiger partial charge < -0.3 is 0 Å². The van der Waals surface area contributed by atoms with Gasteiger partial charge in [0.1, 0.15) is 0 Å². The number of hydrogen-bond donors (Lipinski definition) is 0. The van der Waals surface area contributed by atoms with E-state index in [9.17, 15) is 0 Å². The van der Waals surface area contributed by atoms with E-state index in [1.54, 1.807) is 0 Å². The van der Waals surface area contributed by atoms with E-state index >= 15 is 0 Å². The molecule has 0 atom stereocenters. The average molecular weight is 690 g/mol. The molecule has 0 aliphatic heterocycles. The third-order valence-corrected chi connectivity index (χ3v) is 0. The molecule has 0 heterocycles. The average Bonchev–Trinajstić information content (AvgIpc) is 0.722. The van der Waals surface area contributed by atoms with Crippen LogP contribution in [-0.4, -0.2) is 18.4 Å². The Labute approximate surface area is 131 Å². The van der Waals surface area contributed by atoms with Crippen LogP contribution in [0.2, 0.25) is 19.8 Å². The van der Waals surface area contributed by atoms with E-state index in [0.717, 1.165) is 0 Å². The molecule has 0 rings (SSSR count). The molecule has 0 saturated heterocycles. The van der Waals surface area contributed by atoms with Crippen molar-refractivity contribution in [2.45, 2.75) is 19.8 Å². The van der Waals surface area contributed by atoms with Gasteiger partial charge in [-0.25, -0.2) is 0 Å². The van der Waals surface area contributed by atoms with Crippen LogP contribution < -0.4 is 0 Å². The van der Waals surface area contributed by atoms with Crippen molar-refractivity contribution in [2.24, 2.45) is 0 Å². The first-order valence-corrected chi connectivity index (χ1v) is 13.4. The molecular weight excluding hydrogens is 674 g/mol. The summed E-state index contributed by atoms with van der Waals surface area (Å²) in [5.74, 6) is 0. The first-order chi connectivity index (χ1) is 2.00. The van der Waals surface area contributed by atoms with Crippen LogP contribution in [0, 0.1) is 0 Å². The molecule has 0 unspecified atom stereocenters. The summed E-state index contributed by atoms with van der Waals surface area (Å²) >= 11 is -1.18. The molecule has 0 aromatic heterocycles. The molecule has 0 saturated carbocycles. The first kappa shape index (κ1) is 29.3. The number of hydrogen-bond acceptors (Lipinski definition) is 0. The summed E-state index contributed by atoms with van der Waals surface area (Å²) in [6.07, 6.45) is 0. The Morgan fingerprint density at radius 1 is 0.556 bits per heavy atom. The summed E-state index contributed by atoms with van der Waals surface area (Å²) < 4.78 is 0. The van der Waals surface area contributed by atoms with Crippen LogP contribution in [0.15, 0.2) is 0 Å². The summed E-state index contributed by atoms with van der Waals surface area (Å²) in [5, 5.41) is 0. The fraction of sp³-hybridized carbons (Fsp3) is 1.00. The third kappa shape index (κ3) is 80.0. The molecule has 0 amide bonds. The van der Waals surface area contributed by atoms with E-state index < -0.39 is 18.4 Å². The van der Waals surface area contributed by atoms with Gasteiger partial charge in [0.05, 0.1) is 0 Å². The number of halogens is 4. The van der Waals surface area contributed by atoms with Crippen LogP contribution in [0.3, 0.4) is 0 Å². The van der Waals surface area contributed by atoms with Crippen molar-refractivity contribution in [3.63, 3.8) is 0 Å². The van der Waals surface area contributed by atoms with Crippen LogP contribution in [0.1, 0.15) is 0 Å². The van der Waals surface area contributed by atoms with E-state index in [-0.39, 0.29) is 95.9 Å². The van der Waals surface area contributed by atoms with Gasteiger partial charge >= 0.3 is 38.1 Å². The Hall–Kier alpha value is 3.72. The van der Waals surface area contributed by atoms with Crippen molar-refractivity contribution in [3.8, 4) is 0 Å². The van der Waals surface area contributed by atoms with Gasteiger partial charge in [0.15, 0.2) is 0 Å². The Bertz CT molecular complexity index is 28.0. The summed E-state index contributed by atoms with van der Waals surface area (Å²) in [4.78, 5) is 9.59. The SMILES string of the molecule is I.I.I.I.[CH3][Sn]([CH3])([CH3])[CH3]. The maximum atomic E-state index is 2.40. The van der Waals surface area contributed by atoms with Gasteiger partial charge in [0.25, 0.3) is 0 Å². The molecule has 0 aromatic rings. The normalized spacial score (nSPS) is 6.67. The van der Waals surface area contributed by atoms with E-state index in [1.165, 1.54) is 0 Å². The molecule has 5 heteroatoms. The molecule has 64 valence electrons. The summed E-state index contributed by atoms with van der Waals surface area (Å²) in [5.41, 5.74) is 0. The predicted octanol–water partition coefficient (Wildman–Crippen LogP) is 4.43. The van der Waals surface area contributed by atoms with Gasteiger partial charge in [-0.3, -0.25) is 0 Å². The molecule has 0 aliphatic rings. The van der Waals surface area contributed by atoms with E-state index in [1.807, 2.05) is 0 Å². The van der Waals surface area contributed by atoms with E-state index in [0.29, 0.717) is 0 Å². The van der Waals surface area contributed by atoms with Crippen LogP contribution in [-0.2, 0) is 0 Å². The molecule has 0 fully saturated rings. The molecule has 0 radical (unpaired) electrons. The number of rotatable bonds is 0. The van der Waals surface area contributed by atoms with Crippen molar-refractivity contribution < 1.29 is 0 Å². The monoisotopic (exact) mass is 692 g/mol. The summed E-state index contributed by atoms with van der Waals surface area (Å²) in [7, 11) is 0. The van der Waals surface area contributed by atoms with Crippen molar-refractivity contribution in [1.29, 1.82) is 0 Å². The van der Waals surface area contributed by atoms with Gasteiger partial charge in [0, 0.05) is 0 Å². The fourth-order valence-corrected chi connectivity index (χ4v) is 0. The van der Waals surface area contributed by atoms with Crippen LogP contribution in [0.5, 0.6) is 0 Å².